The molecule has 2 aliphatic rings. The molecule has 2 fully saturated rings. The predicted molar refractivity (Wildman–Crippen MR) is 102 cm³/mol. The van der Waals surface area contributed by atoms with Crippen molar-refractivity contribution in [1.29, 1.82) is 0 Å². The smallest absolute Gasteiger partial charge is 0.241 e. The van der Waals surface area contributed by atoms with Gasteiger partial charge in [0.2, 0.25) is 17.6 Å². The van der Waals surface area contributed by atoms with Gasteiger partial charge in [0.25, 0.3) is 0 Å². The van der Waals surface area contributed by atoms with E-state index in [0.717, 1.165) is 44.6 Å². The van der Waals surface area contributed by atoms with E-state index in [1.807, 2.05) is 31.2 Å². The minimum absolute atomic E-state index is 0.0782. The van der Waals surface area contributed by atoms with E-state index in [0.29, 0.717) is 29.3 Å². The fraction of sp³-hybridized carbons (Fsp3) is 0.526. The van der Waals surface area contributed by atoms with Gasteiger partial charge in [-0.15, -0.1) is 0 Å². The van der Waals surface area contributed by atoms with Crippen LogP contribution in [-0.2, 0) is 11.3 Å². The minimum Gasteiger partial charge on any atom is -0.352 e. The summed E-state index contributed by atoms with van der Waals surface area (Å²) in [7, 11) is 0. The first-order valence-corrected chi connectivity index (χ1v) is 9.81. The molecule has 4 rings (SSSR count). The van der Waals surface area contributed by atoms with Crippen LogP contribution in [0.25, 0.3) is 11.4 Å². The third-order valence-electron chi connectivity index (χ3n) is 5.17. The molecule has 0 spiro atoms. The first kappa shape index (κ1) is 18.4. The molecule has 0 bridgehead atoms. The summed E-state index contributed by atoms with van der Waals surface area (Å²) in [4.78, 5) is 21.2. The van der Waals surface area contributed by atoms with Gasteiger partial charge >= 0.3 is 0 Å². The monoisotopic (exact) mass is 389 g/mol. The second-order valence-corrected chi connectivity index (χ2v) is 7.73. The van der Waals surface area contributed by atoms with Crippen LogP contribution in [0.4, 0.5) is 0 Å². The zero-order chi connectivity index (χ0) is 18.8. The number of benzene rings is 1. The lowest BCUT2D eigenvalue weighted by molar-refractivity contribution is -0.126. The van der Waals surface area contributed by atoms with Gasteiger partial charge in [-0.1, -0.05) is 28.9 Å². The zero-order valence-electron chi connectivity index (χ0n) is 15.4. The first-order chi connectivity index (χ1) is 13.1. The Morgan fingerprint density at radius 1 is 1.33 bits per heavy atom. The summed E-state index contributed by atoms with van der Waals surface area (Å²) < 4.78 is 5.40. The molecule has 1 amide bonds. The Morgan fingerprint density at radius 3 is 2.81 bits per heavy atom. The number of carbonyl (C=O) groups is 1. The Kier molecular flexibility index (Phi) is 5.43. The van der Waals surface area contributed by atoms with E-state index in [9.17, 15) is 4.79 Å². The van der Waals surface area contributed by atoms with E-state index in [4.69, 9.17) is 16.1 Å². The summed E-state index contributed by atoms with van der Waals surface area (Å²) in [5, 5.41) is 7.79. The van der Waals surface area contributed by atoms with Gasteiger partial charge in [0.05, 0.1) is 12.6 Å². The van der Waals surface area contributed by atoms with Crippen molar-refractivity contribution < 1.29 is 9.32 Å². The van der Waals surface area contributed by atoms with Crippen LogP contribution >= 0.6 is 11.6 Å². The van der Waals surface area contributed by atoms with Crippen LogP contribution in [0.2, 0.25) is 5.02 Å². The molecule has 27 heavy (non-hydrogen) atoms. The molecular formula is C19H24ClN5O2. The highest BCUT2D eigenvalue weighted by Crippen LogP contribution is 2.21. The third kappa shape index (κ3) is 4.66. The standard InChI is InChI=1S/C19H24ClN5O2/c1-13(19(26)21-16-5-6-16)25-9-7-24(8-10-25)12-17-22-18(23-27-17)14-3-2-4-15(20)11-14/h2-4,11,13,16H,5-10,12H2,1H3,(H,21,26). The van der Waals surface area contributed by atoms with Crippen LogP contribution in [0.5, 0.6) is 0 Å². The van der Waals surface area contributed by atoms with Crippen molar-refractivity contribution >= 4 is 17.5 Å². The van der Waals surface area contributed by atoms with E-state index in [2.05, 4.69) is 25.3 Å². The SMILES string of the molecule is CC(C(=O)NC1CC1)N1CCN(Cc2nc(-c3cccc(Cl)c3)no2)CC1. The van der Waals surface area contributed by atoms with Crippen molar-refractivity contribution in [1.82, 2.24) is 25.3 Å². The lowest BCUT2D eigenvalue weighted by atomic mass is 10.2. The van der Waals surface area contributed by atoms with Crippen LogP contribution in [0.3, 0.4) is 0 Å². The molecule has 0 radical (unpaired) electrons. The van der Waals surface area contributed by atoms with Crippen LogP contribution in [0.15, 0.2) is 28.8 Å². The summed E-state index contributed by atoms with van der Waals surface area (Å²) in [5.74, 6) is 1.29. The quantitative estimate of drug-likeness (QED) is 0.816. The zero-order valence-corrected chi connectivity index (χ0v) is 16.2. The average Bonchev–Trinajstić information content (AvgIpc) is 3.36. The number of carbonyl (C=O) groups excluding carboxylic acids is 1. The molecule has 1 saturated carbocycles. The first-order valence-electron chi connectivity index (χ1n) is 9.44. The van der Waals surface area contributed by atoms with Crippen molar-refractivity contribution in [2.24, 2.45) is 0 Å². The van der Waals surface area contributed by atoms with Crippen molar-refractivity contribution in [2.45, 2.75) is 38.4 Å². The van der Waals surface area contributed by atoms with Crippen molar-refractivity contribution in [3.8, 4) is 11.4 Å². The number of halogens is 1. The molecule has 2 heterocycles. The van der Waals surface area contributed by atoms with Gasteiger partial charge in [0.15, 0.2) is 0 Å². The summed E-state index contributed by atoms with van der Waals surface area (Å²) in [6, 6.07) is 7.75. The maximum atomic E-state index is 12.2. The Hall–Kier alpha value is -1.96. The Balaban J connectivity index is 1.28. The van der Waals surface area contributed by atoms with Crippen molar-refractivity contribution in [3.63, 3.8) is 0 Å². The molecule has 7 nitrogen and oxygen atoms in total. The highest BCUT2D eigenvalue weighted by atomic mass is 35.5. The van der Waals surface area contributed by atoms with Gasteiger partial charge in [-0.05, 0) is 31.9 Å². The lowest BCUT2D eigenvalue weighted by Crippen LogP contribution is -2.53. The number of piperazine rings is 1. The molecule has 1 N–H and O–H groups in total. The van der Waals surface area contributed by atoms with Gasteiger partial charge in [0, 0.05) is 42.8 Å². The summed E-state index contributed by atoms with van der Waals surface area (Å²) >= 11 is 6.02. The molecule has 1 unspecified atom stereocenters. The summed E-state index contributed by atoms with van der Waals surface area (Å²) in [6.45, 7) is 6.06. The second kappa shape index (κ2) is 7.96. The Morgan fingerprint density at radius 2 is 2.11 bits per heavy atom. The molecule has 1 aliphatic heterocycles. The van der Waals surface area contributed by atoms with Gasteiger partial charge in [-0.2, -0.15) is 4.98 Å². The van der Waals surface area contributed by atoms with E-state index in [1.165, 1.54) is 0 Å². The van der Waals surface area contributed by atoms with E-state index >= 15 is 0 Å². The molecule has 8 heteroatoms. The highest BCUT2D eigenvalue weighted by molar-refractivity contribution is 6.30. The van der Waals surface area contributed by atoms with Crippen LogP contribution in [0, 0.1) is 0 Å². The number of nitrogens with zero attached hydrogens (tertiary/aromatic N) is 4. The van der Waals surface area contributed by atoms with Gasteiger partial charge in [-0.3, -0.25) is 14.6 Å². The maximum absolute atomic E-state index is 12.2. The highest BCUT2D eigenvalue weighted by Gasteiger charge is 2.30. The van der Waals surface area contributed by atoms with Crippen molar-refractivity contribution in [3.05, 3.63) is 35.2 Å². The fourth-order valence-electron chi connectivity index (χ4n) is 3.28. The normalized spacial score (nSPS) is 19.8. The van der Waals surface area contributed by atoms with Gasteiger partial charge in [0.1, 0.15) is 0 Å². The molecule has 1 aromatic heterocycles. The van der Waals surface area contributed by atoms with Crippen LogP contribution in [-0.4, -0.2) is 64.1 Å². The van der Waals surface area contributed by atoms with E-state index in [-0.39, 0.29) is 11.9 Å². The number of amides is 1. The van der Waals surface area contributed by atoms with Crippen LogP contribution < -0.4 is 5.32 Å². The topological polar surface area (TPSA) is 74.5 Å². The molecule has 1 aromatic carbocycles. The summed E-state index contributed by atoms with van der Waals surface area (Å²) in [5.41, 5.74) is 0.845. The molecule has 1 atom stereocenters. The minimum atomic E-state index is -0.0782. The molecule has 1 aliphatic carbocycles. The van der Waals surface area contributed by atoms with Crippen LogP contribution in [0.1, 0.15) is 25.7 Å². The predicted octanol–water partition coefficient (Wildman–Crippen LogP) is 2.17. The number of aromatic nitrogens is 2. The Labute approximate surface area is 163 Å². The fourth-order valence-corrected chi connectivity index (χ4v) is 3.47. The number of hydrogen-bond acceptors (Lipinski definition) is 6. The molecular weight excluding hydrogens is 366 g/mol. The van der Waals surface area contributed by atoms with E-state index < -0.39 is 0 Å². The second-order valence-electron chi connectivity index (χ2n) is 7.29. The molecule has 1 saturated heterocycles. The Bertz CT molecular complexity index is 799. The van der Waals surface area contributed by atoms with E-state index in [1.54, 1.807) is 0 Å². The largest absolute Gasteiger partial charge is 0.352 e. The molecule has 2 aromatic rings. The average molecular weight is 390 g/mol. The van der Waals surface area contributed by atoms with Gasteiger partial charge in [-0.25, -0.2) is 0 Å². The lowest BCUT2D eigenvalue weighted by Gasteiger charge is -2.36. The maximum Gasteiger partial charge on any atom is 0.241 e. The number of nitrogens with one attached hydrogen (secondary N) is 1. The molecule has 144 valence electrons. The number of rotatable bonds is 6. The number of hydrogen-bond donors (Lipinski definition) is 1. The van der Waals surface area contributed by atoms with Gasteiger partial charge < -0.3 is 9.84 Å². The summed E-state index contributed by atoms with van der Waals surface area (Å²) in [6.07, 6.45) is 2.24. The third-order valence-corrected chi connectivity index (χ3v) is 5.40. The van der Waals surface area contributed by atoms with Crippen molar-refractivity contribution in [2.75, 3.05) is 26.2 Å².